The number of rotatable bonds is 6. The van der Waals surface area contributed by atoms with E-state index in [4.69, 9.17) is 10.5 Å². The van der Waals surface area contributed by atoms with Gasteiger partial charge in [0.05, 0.1) is 13.7 Å². The van der Waals surface area contributed by atoms with Crippen LogP contribution in [0.15, 0.2) is 24.3 Å². The topological polar surface area (TPSA) is 81.4 Å². The third kappa shape index (κ3) is 5.01. The Hall–Kier alpha value is -2.04. The number of nitrogens with two attached hydrogens (primary N) is 1. The SMILES string of the molecule is COc1cccc(CCC(=O)NCC(N)=O)c1. The minimum Gasteiger partial charge on any atom is -0.497 e. The van der Waals surface area contributed by atoms with Gasteiger partial charge in [0, 0.05) is 6.42 Å². The zero-order valence-corrected chi connectivity index (χ0v) is 9.73. The summed E-state index contributed by atoms with van der Waals surface area (Å²) in [4.78, 5) is 21.8. The van der Waals surface area contributed by atoms with Gasteiger partial charge in [0.15, 0.2) is 0 Å². The summed E-state index contributed by atoms with van der Waals surface area (Å²) < 4.78 is 5.08. The zero-order chi connectivity index (χ0) is 12.7. The highest BCUT2D eigenvalue weighted by molar-refractivity contribution is 5.83. The van der Waals surface area contributed by atoms with E-state index in [1.54, 1.807) is 7.11 Å². The van der Waals surface area contributed by atoms with Crippen molar-refractivity contribution < 1.29 is 14.3 Å². The van der Waals surface area contributed by atoms with E-state index in [0.717, 1.165) is 11.3 Å². The van der Waals surface area contributed by atoms with Crippen LogP contribution in [0.5, 0.6) is 5.75 Å². The van der Waals surface area contributed by atoms with Gasteiger partial charge in [-0.3, -0.25) is 9.59 Å². The predicted molar refractivity (Wildman–Crippen MR) is 63.5 cm³/mol. The highest BCUT2D eigenvalue weighted by atomic mass is 16.5. The van der Waals surface area contributed by atoms with Crippen LogP contribution in [0, 0.1) is 0 Å². The van der Waals surface area contributed by atoms with Gasteiger partial charge in [-0.05, 0) is 24.1 Å². The molecule has 0 radical (unpaired) electrons. The Labute approximate surface area is 99.9 Å². The number of amides is 2. The predicted octanol–water partition coefficient (Wildman–Crippen LogP) is 0.229. The summed E-state index contributed by atoms with van der Waals surface area (Å²) in [5.74, 6) is 0.0337. The molecule has 0 aliphatic carbocycles. The van der Waals surface area contributed by atoms with Crippen LogP contribution in [0.2, 0.25) is 0 Å². The van der Waals surface area contributed by atoms with Crippen LogP contribution in [0.4, 0.5) is 0 Å². The molecule has 1 aromatic rings. The van der Waals surface area contributed by atoms with Gasteiger partial charge in [-0.25, -0.2) is 0 Å². The van der Waals surface area contributed by atoms with Crippen LogP contribution in [-0.2, 0) is 16.0 Å². The lowest BCUT2D eigenvalue weighted by Crippen LogP contribution is -2.33. The maximum absolute atomic E-state index is 11.3. The molecule has 0 bridgehead atoms. The van der Waals surface area contributed by atoms with Gasteiger partial charge in [-0.1, -0.05) is 12.1 Å². The molecule has 0 spiro atoms. The maximum atomic E-state index is 11.3. The molecular weight excluding hydrogens is 220 g/mol. The van der Waals surface area contributed by atoms with E-state index < -0.39 is 5.91 Å². The van der Waals surface area contributed by atoms with E-state index in [1.165, 1.54) is 0 Å². The lowest BCUT2D eigenvalue weighted by molar-refractivity contribution is -0.124. The van der Waals surface area contributed by atoms with Gasteiger partial charge in [0.1, 0.15) is 5.75 Å². The molecule has 1 aromatic carbocycles. The lowest BCUT2D eigenvalue weighted by atomic mass is 10.1. The molecule has 0 fully saturated rings. The molecule has 0 saturated heterocycles. The molecule has 5 nitrogen and oxygen atoms in total. The van der Waals surface area contributed by atoms with Gasteiger partial charge in [-0.2, -0.15) is 0 Å². The largest absolute Gasteiger partial charge is 0.497 e. The van der Waals surface area contributed by atoms with Crippen molar-refractivity contribution in [2.45, 2.75) is 12.8 Å². The van der Waals surface area contributed by atoms with Crippen molar-refractivity contribution in [3.8, 4) is 5.75 Å². The molecule has 0 unspecified atom stereocenters. The summed E-state index contributed by atoms with van der Waals surface area (Å²) in [6.45, 7) is -0.114. The first-order valence-electron chi connectivity index (χ1n) is 5.29. The Bertz CT molecular complexity index is 404. The fourth-order valence-electron chi connectivity index (χ4n) is 1.36. The molecular formula is C12H16N2O3. The molecule has 0 aliphatic heterocycles. The van der Waals surface area contributed by atoms with Crippen LogP contribution in [0.1, 0.15) is 12.0 Å². The van der Waals surface area contributed by atoms with Crippen molar-refractivity contribution in [1.82, 2.24) is 5.32 Å². The smallest absolute Gasteiger partial charge is 0.236 e. The highest BCUT2D eigenvalue weighted by Gasteiger charge is 2.04. The first-order chi connectivity index (χ1) is 8.11. The molecule has 1 rings (SSSR count). The number of hydrogen-bond acceptors (Lipinski definition) is 3. The van der Waals surface area contributed by atoms with Crippen molar-refractivity contribution in [3.63, 3.8) is 0 Å². The number of hydrogen-bond donors (Lipinski definition) is 2. The zero-order valence-electron chi connectivity index (χ0n) is 9.73. The van der Waals surface area contributed by atoms with Crippen LogP contribution in [0.25, 0.3) is 0 Å². The maximum Gasteiger partial charge on any atom is 0.236 e. The second-order valence-electron chi connectivity index (χ2n) is 3.59. The number of carbonyl (C=O) groups is 2. The molecule has 17 heavy (non-hydrogen) atoms. The molecule has 2 amide bonds. The average molecular weight is 236 g/mol. The van der Waals surface area contributed by atoms with Crippen LogP contribution in [0.3, 0.4) is 0 Å². The first-order valence-corrected chi connectivity index (χ1v) is 5.29. The van der Waals surface area contributed by atoms with E-state index in [-0.39, 0.29) is 12.5 Å². The van der Waals surface area contributed by atoms with Crippen LogP contribution < -0.4 is 15.8 Å². The van der Waals surface area contributed by atoms with E-state index in [1.807, 2.05) is 24.3 Å². The summed E-state index contributed by atoms with van der Waals surface area (Å²) in [6.07, 6.45) is 0.919. The molecule has 3 N–H and O–H groups in total. The van der Waals surface area contributed by atoms with Crippen LogP contribution in [-0.4, -0.2) is 25.5 Å². The Morgan fingerprint density at radius 3 is 2.82 bits per heavy atom. The monoisotopic (exact) mass is 236 g/mol. The second kappa shape index (κ2) is 6.52. The summed E-state index contributed by atoms with van der Waals surface area (Å²) >= 11 is 0. The third-order valence-electron chi connectivity index (χ3n) is 2.23. The normalized spacial score (nSPS) is 9.71. The molecule has 0 atom stereocenters. The van der Waals surface area contributed by atoms with Gasteiger partial charge in [-0.15, -0.1) is 0 Å². The van der Waals surface area contributed by atoms with E-state index in [9.17, 15) is 9.59 Å². The molecule has 0 aromatic heterocycles. The van der Waals surface area contributed by atoms with Crippen molar-refractivity contribution in [2.24, 2.45) is 5.73 Å². The minimum absolute atomic E-state index is 0.114. The Balaban J connectivity index is 2.39. The van der Waals surface area contributed by atoms with Crippen molar-refractivity contribution in [3.05, 3.63) is 29.8 Å². The Morgan fingerprint density at radius 1 is 1.41 bits per heavy atom. The molecule has 5 heteroatoms. The standard InChI is InChI=1S/C12H16N2O3/c1-17-10-4-2-3-9(7-10)5-6-12(16)14-8-11(13)15/h2-4,7H,5-6,8H2,1H3,(H2,13,15)(H,14,16). The van der Waals surface area contributed by atoms with Crippen molar-refractivity contribution >= 4 is 11.8 Å². The van der Waals surface area contributed by atoms with Gasteiger partial charge >= 0.3 is 0 Å². The fraction of sp³-hybridized carbons (Fsp3) is 0.333. The van der Waals surface area contributed by atoms with Crippen molar-refractivity contribution in [1.29, 1.82) is 0 Å². The minimum atomic E-state index is -0.542. The summed E-state index contributed by atoms with van der Waals surface area (Å²) in [5, 5.41) is 2.44. The highest BCUT2D eigenvalue weighted by Crippen LogP contribution is 2.13. The van der Waals surface area contributed by atoms with Gasteiger partial charge < -0.3 is 15.8 Å². The average Bonchev–Trinajstić information content (AvgIpc) is 2.34. The summed E-state index contributed by atoms with van der Waals surface area (Å²) in [6, 6.07) is 7.51. The number of primary amides is 1. The summed E-state index contributed by atoms with van der Waals surface area (Å²) in [5.41, 5.74) is 5.93. The van der Waals surface area contributed by atoms with E-state index in [0.29, 0.717) is 12.8 Å². The molecule has 92 valence electrons. The third-order valence-corrected chi connectivity index (χ3v) is 2.23. The van der Waals surface area contributed by atoms with Gasteiger partial charge in [0.25, 0.3) is 0 Å². The number of aryl methyl sites for hydroxylation is 1. The number of ether oxygens (including phenoxy) is 1. The molecule has 0 heterocycles. The number of carbonyl (C=O) groups excluding carboxylic acids is 2. The fourth-order valence-corrected chi connectivity index (χ4v) is 1.36. The molecule has 0 aliphatic rings. The summed E-state index contributed by atoms with van der Waals surface area (Å²) in [7, 11) is 1.60. The number of benzene rings is 1. The van der Waals surface area contributed by atoms with Gasteiger partial charge in [0.2, 0.25) is 11.8 Å². The number of nitrogens with one attached hydrogen (secondary N) is 1. The quantitative estimate of drug-likeness (QED) is 0.741. The number of methoxy groups -OCH3 is 1. The lowest BCUT2D eigenvalue weighted by Gasteiger charge is -2.05. The molecule has 0 saturated carbocycles. The second-order valence-corrected chi connectivity index (χ2v) is 3.59. The van der Waals surface area contributed by atoms with E-state index >= 15 is 0 Å². The van der Waals surface area contributed by atoms with Crippen LogP contribution >= 0.6 is 0 Å². The van der Waals surface area contributed by atoms with Crippen molar-refractivity contribution in [2.75, 3.05) is 13.7 Å². The first kappa shape index (κ1) is 13.0. The Morgan fingerprint density at radius 2 is 2.18 bits per heavy atom. The Kier molecular flexibility index (Phi) is 5.00. The van der Waals surface area contributed by atoms with E-state index in [2.05, 4.69) is 5.32 Å².